The summed E-state index contributed by atoms with van der Waals surface area (Å²) in [6, 6.07) is 13.9. The third-order valence-corrected chi connectivity index (χ3v) is 10.1. The lowest BCUT2D eigenvalue weighted by Crippen LogP contribution is -2.23. The van der Waals surface area contributed by atoms with Gasteiger partial charge >= 0.3 is 0 Å². The molecule has 4 heterocycles. The number of rotatable bonds is 10. The zero-order chi connectivity index (χ0) is 31.0. The molecule has 0 fully saturated rings. The molecule has 44 heavy (non-hydrogen) atoms. The minimum absolute atomic E-state index is 0.0526. The second-order valence-corrected chi connectivity index (χ2v) is 13.0. The quantitative estimate of drug-likeness (QED) is 0.128. The maximum absolute atomic E-state index is 13.0. The van der Waals surface area contributed by atoms with Gasteiger partial charge < -0.3 is 30.8 Å². The molecule has 0 bridgehead atoms. The Labute approximate surface area is 261 Å². The minimum atomic E-state index is -0.428. The Balaban J connectivity index is 1.10. The highest BCUT2D eigenvalue weighted by molar-refractivity contribution is 7.25. The van der Waals surface area contributed by atoms with Crippen molar-refractivity contribution < 1.29 is 14.6 Å². The molecule has 6 rings (SSSR count). The number of nitriles is 1. The van der Waals surface area contributed by atoms with Gasteiger partial charge in [-0.25, -0.2) is 4.98 Å². The lowest BCUT2D eigenvalue weighted by atomic mass is 9.84. The summed E-state index contributed by atoms with van der Waals surface area (Å²) >= 11 is 3.30. The number of carbonyl (C=O) groups excluding carboxylic acids is 1. The van der Waals surface area contributed by atoms with E-state index in [2.05, 4.69) is 62.2 Å². The Kier molecular flexibility index (Phi) is 7.81. The van der Waals surface area contributed by atoms with E-state index in [1.807, 2.05) is 31.3 Å². The van der Waals surface area contributed by atoms with Gasteiger partial charge in [0.2, 0.25) is 11.8 Å². The maximum Gasteiger partial charge on any atom is 0.262 e. The lowest BCUT2D eigenvalue weighted by Gasteiger charge is -2.20. The molecule has 0 atom stereocenters. The minimum Gasteiger partial charge on any atom is -0.471 e. The lowest BCUT2D eigenvalue weighted by molar-refractivity contribution is -0.117. The van der Waals surface area contributed by atoms with Crippen molar-refractivity contribution in [3.05, 3.63) is 75.4 Å². The van der Waals surface area contributed by atoms with Gasteiger partial charge in [0.15, 0.2) is 5.65 Å². The van der Waals surface area contributed by atoms with Crippen molar-refractivity contribution in [3.63, 3.8) is 0 Å². The number of likely N-dealkylation sites (N-methyl/N-ethyl adjacent to an activating group) is 1. The molecule has 0 unspecified atom stereocenters. The summed E-state index contributed by atoms with van der Waals surface area (Å²) < 4.78 is 5.84. The van der Waals surface area contributed by atoms with Crippen LogP contribution in [0, 0.1) is 11.3 Å². The number of carbonyl (C=O) groups is 1. The van der Waals surface area contributed by atoms with E-state index in [1.165, 1.54) is 27.2 Å². The van der Waals surface area contributed by atoms with E-state index in [4.69, 9.17) is 10.5 Å². The predicted octanol–water partition coefficient (Wildman–Crippen LogP) is 4.60. The van der Waals surface area contributed by atoms with Crippen molar-refractivity contribution in [1.29, 1.82) is 5.26 Å². The molecule has 224 valence electrons. The van der Waals surface area contributed by atoms with E-state index in [1.54, 1.807) is 28.7 Å². The Hall–Kier alpha value is -4.77. The number of amides is 1. The van der Waals surface area contributed by atoms with Gasteiger partial charge in [0, 0.05) is 35.3 Å². The topological polar surface area (TPSA) is 166 Å². The molecule has 1 aliphatic carbocycles. The van der Waals surface area contributed by atoms with Crippen LogP contribution in [0.15, 0.2) is 48.3 Å². The Morgan fingerprint density at radius 1 is 1.18 bits per heavy atom. The number of aliphatic hydroxyl groups is 1. The van der Waals surface area contributed by atoms with Crippen LogP contribution in [-0.2, 0) is 23.4 Å². The second-order valence-electron chi connectivity index (χ2n) is 10.9. The van der Waals surface area contributed by atoms with E-state index in [0.717, 1.165) is 21.0 Å². The number of aromatic amines is 1. The first kappa shape index (κ1) is 29.3. The number of fused-ring (bicyclic) bond motifs is 4. The molecule has 4 aromatic heterocycles. The average Bonchev–Trinajstić information content (AvgIpc) is 3.78. The van der Waals surface area contributed by atoms with Crippen LogP contribution in [0.1, 0.15) is 41.0 Å². The first-order valence-electron chi connectivity index (χ1n) is 13.9. The first-order chi connectivity index (χ1) is 21.2. The summed E-state index contributed by atoms with van der Waals surface area (Å²) in [5, 5.41) is 23.1. The van der Waals surface area contributed by atoms with Crippen LogP contribution < -0.4 is 20.7 Å². The number of H-pyrrole nitrogens is 1. The molecule has 1 amide bonds. The standard InChI is InChI=1S/C31H30N8O3S2/c1-31(2)21-11-20(43-25(21)26-22(31)12-23(44-26)39(3)8-9-40)10-19(13-32)28(41)34-14-17-4-6-18(7-5-17)15-42-29-24-27(36-16-35-24)37-30(33)38-29/h4-7,10-12,16,40H,8-9,14-15H2,1-3H3,(H,34,41)(H3,33,35,36,37,38)/b19-10-. The molecule has 0 saturated carbocycles. The van der Waals surface area contributed by atoms with Gasteiger partial charge in [-0.1, -0.05) is 38.1 Å². The molecule has 1 aliphatic rings. The number of nitrogens with one attached hydrogen (secondary N) is 2. The van der Waals surface area contributed by atoms with E-state index < -0.39 is 5.91 Å². The summed E-state index contributed by atoms with van der Waals surface area (Å²) in [6.45, 7) is 5.58. The average molecular weight is 627 g/mol. The first-order valence-corrected chi connectivity index (χ1v) is 15.5. The number of ether oxygens (including phenoxy) is 1. The molecule has 0 saturated heterocycles. The molecule has 13 heteroatoms. The van der Waals surface area contributed by atoms with Crippen LogP contribution in [0.2, 0.25) is 0 Å². The molecule has 0 aliphatic heterocycles. The Bertz CT molecular complexity index is 1930. The van der Waals surface area contributed by atoms with Crippen molar-refractivity contribution in [1.82, 2.24) is 25.3 Å². The van der Waals surface area contributed by atoms with Crippen LogP contribution >= 0.6 is 22.7 Å². The highest BCUT2D eigenvalue weighted by atomic mass is 32.1. The summed E-state index contributed by atoms with van der Waals surface area (Å²) in [5.41, 5.74) is 10.9. The third-order valence-electron chi connectivity index (χ3n) is 7.61. The molecule has 0 radical (unpaired) electrons. The third kappa shape index (κ3) is 5.50. The number of aliphatic hydroxyl groups excluding tert-OH is 1. The Morgan fingerprint density at radius 2 is 1.91 bits per heavy atom. The van der Waals surface area contributed by atoms with Crippen molar-refractivity contribution in [2.75, 3.05) is 30.8 Å². The van der Waals surface area contributed by atoms with E-state index in [-0.39, 0.29) is 36.7 Å². The maximum atomic E-state index is 13.0. The number of anilines is 2. The Morgan fingerprint density at radius 3 is 2.66 bits per heavy atom. The number of hydrogen-bond acceptors (Lipinski definition) is 11. The number of hydrogen-bond donors (Lipinski definition) is 4. The highest BCUT2D eigenvalue weighted by Crippen LogP contribution is 2.57. The largest absolute Gasteiger partial charge is 0.471 e. The van der Waals surface area contributed by atoms with Gasteiger partial charge in [0.25, 0.3) is 5.91 Å². The summed E-state index contributed by atoms with van der Waals surface area (Å²) in [7, 11) is 1.98. The SMILES string of the molecule is CN(CCO)c1cc2c(s1)-c1sc(/C=C(/C#N)C(=O)NCc3ccc(COc4nc(N)nc5nc[nH]c45)cc3)cc1C2(C)C. The predicted molar refractivity (Wildman–Crippen MR) is 172 cm³/mol. The van der Waals surface area contributed by atoms with Gasteiger partial charge in [-0.15, -0.1) is 22.7 Å². The zero-order valence-corrected chi connectivity index (χ0v) is 26.0. The fourth-order valence-corrected chi connectivity index (χ4v) is 7.84. The van der Waals surface area contributed by atoms with E-state index in [9.17, 15) is 15.2 Å². The number of nitrogen functional groups attached to an aromatic ring is 1. The molecule has 11 nitrogen and oxygen atoms in total. The molecule has 5 aromatic rings. The number of nitrogens with zero attached hydrogens (tertiary/aromatic N) is 5. The van der Waals surface area contributed by atoms with Crippen LogP contribution in [0.25, 0.3) is 27.0 Å². The summed E-state index contributed by atoms with van der Waals surface area (Å²) in [4.78, 5) is 33.5. The van der Waals surface area contributed by atoms with Crippen molar-refractivity contribution in [2.24, 2.45) is 0 Å². The van der Waals surface area contributed by atoms with Crippen LogP contribution in [0.3, 0.4) is 0 Å². The van der Waals surface area contributed by atoms with E-state index >= 15 is 0 Å². The fourth-order valence-electron chi connectivity index (χ4n) is 5.12. The highest BCUT2D eigenvalue weighted by Gasteiger charge is 2.39. The van der Waals surface area contributed by atoms with Gasteiger partial charge in [-0.3, -0.25) is 4.79 Å². The monoisotopic (exact) mass is 626 g/mol. The van der Waals surface area contributed by atoms with E-state index in [0.29, 0.717) is 23.6 Å². The normalized spacial score (nSPS) is 13.4. The number of thiophene rings is 2. The summed E-state index contributed by atoms with van der Waals surface area (Å²) in [5.74, 6) is -0.0256. The summed E-state index contributed by atoms with van der Waals surface area (Å²) in [6.07, 6.45) is 3.17. The van der Waals surface area contributed by atoms with Crippen LogP contribution in [0.5, 0.6) is 5.88 Å². The smallest absolute Gasteiger partial charge is 0.262 e. The number of imidazole rings is 1. The van der Waals surface area contributed by atoms with Gasteiger partial charge in [-0.2, -0.15) is 15.2 Å². The van der Waals surface area contributed by atoms with Crippen molar-refractivity contribution >= 4 is 56.8 Å². The van der Waals surface area contributed by atoms with Gasteiger partial charge in [0.05, 0.1) is 22.8 Å². The van der Waals surface area contributed by atoms with Crippen LogP contribution in [-0.4, -0.2) is 51.1 Å². The zero-order valence-electron chi connectivity index (χ0n) is 24.3. The number of aromatic nitrogens is 4. The van der Waals surface area contributed by atoms with Crippen molar-refractivity contribution in [3.8, 4) is 21.7 Å². The molecule has 1 aromatic carbocycles. The number of nitrogens with two attached hydrogens (primary N) is 1. The van der Waals surface area contributed by atoms with Gasteiger partial charge in [-0.05, 0) is 40.5 Å². The molecular weight excluding hydrogens is 597 g/mol. The van der Waals surface area contributed by atoms with Crippen LogP contribution in [0.4, 0.5) is 10.9 Å². The molecular formula is C31H30N8O3S2. The number of benzene rings is 1. The van der Waals surface area contributed by atoms with Crippen molar-refractivity contribution in [2.45, 2.75) is 32.4 Å². The second kappa shape index (κ2) is 11.7. The molecule has 5 N–H and O–H groups in total. The van der Waals surface area contributed by atoms with Gasteiger partial charge in [0.1, 0.15) is 23.8 Å². The fraction of sp³-hybridized carbons (Fsp3) is 0.258. The molecule has 0 spiro atoms.